The molecule has 2 aliphatic rings. The molecule has 0 saturated carbocycles. The highest BCUT2D eigenvalue weighted by Gasteiger charge is 2.33. The first kappa shape index (κ1) is 14.4. The van der Waals surface area contributed by atoms with Crippen LogP contribution < -0.4 is 14.2 Å². The van der Waals surface area contributed by atoms with Crippen LogP contribution >= 0.6 is 0 Å². The van der Waals surface area contributed by atoms with Gasteiger partial charge in [0.2, 0.25) is 12.5 Å². The summed E-state index contributed by atoms with van der Waals surface area (Å²) < 4.78 is 16.5. The number of fused-ring (bicyclic) bond motifs is 3. The fourth-order valence-electron chi connectivity index (χ4n) is 3.32. The Bertz CT molecular complexity index is 717. The maximum absolute atomic E-state index is 10.6. The van der Waals surface area contributed by atoms with Crippen LogP contribution in [0.3, 0.4) is 0 Å². The maximum atomic E-state index is 10.6. The number of aliphatic hydroxyl groups is 1. The van der Waals surface area contributed by atoms with Crippen molar-refractivity contribution in [3.05, 3.63) is 53.1 Å². The van der Waals surface area contributed by atoms with Crippen LogP contribution in [0.25, 0.3) is 0 Å². The molecule has 2 aliphatic heterocycles. The van der Waals surface area contributed by atoms with Gasteiger partial charge in [0, 0.05) is 25.2 Å². The first-order valence-corrected chi connectivity index (χ1v) is 7.70. The normalized spacial score (nSPS) is 19.5. The molecule has 2 heterocycles. The van der Waals surface area contributed by atoms with Gasteiger partial charge < -0.3 is 19.3 Å². The van der Waals surface area contributed by atoms with Crippen molar-refractivity contribution in [3.63, 3.8) is 0 Å². The fraction of sp³-hybridized carbons (Fsp3) is 0.333. The fourth-order valence-corrected chi connectivity index (χ4v) is 3.32. The lowest BCUT2D eigenvalue weighted by atomic mass is 9.95. The van der Waals surface area contributed by atoms with Crippen molar-refractivity contribution in [2.45, 2.75) is 19.2 Å². The summed E-state index contributed by atoms with van der Waals surface area (Å²) in [6.45, 7) is 2.29. The van der Waals surface area contributed by atoms with Gasteiger partial charge in [0.15, 0.2) is 11.5 Å². The van der Waals surface area contributed by atoms with E-state index in [9.17, 15) is 5.11 Å². The topological polar surface area (TPSA) is 51.2 Å². The second-order valence-corrected chi connectivity index (χ2v) is 5.88. The summed E-state index contributed by atoms with van der Waals surface area (Å²) in [6.07, 6.45) is -0.564. The van der Waals surface area contributed by atoms with Crippen LogP contribution in [-0.4, -0.2) is 30.5 Å². The molecule has 0 spiro atoms. The number of hydrogen-bond acceptors (Lipinski definition) is 5. The minimum absolute atomic E-state index is 0.191. The third kappa shape index (κ3) is 2.52. The molecule has 0 radical (unpaired) electrons. The van der Waals surface area contributed by atoms with Gasteiger partial charge in [-0.2, -0.15) is 0 Å². The molecule has 0 saturated heterocycles. The van der Waals surface area contributed by atoms with Crippen molar-refractivity contribution < 1.29 is 19.3 Å². The van der Waals surface area contributed by atoms with Gasteiger partial charge in [0.05, 0.1) is 13.2 Å². The Morgan fingerprint density at radius 2 is 2.00 bits per heavy atom. The zero-order valence-corrected chi connectivity index (χ0v) is 13.0. The van der Waals surface area contributed by atoms with E-state index >= 15 is 0 Å². The third-order valence-electron chi connectivity index (χ3n) is 4.39. The van der Waals surface area contributed by atoms with Gasteiger partial charge in [-0.15, -0.1) is 0 Å². The largest absolute Gasteiger partial charge is 0.493 e. The average Bonchev–Trinajstić information content (AvgIpc) is 3.05. The summed E-state index contributed by atoms with van der Waals surface area (Å²) in [7, 11) is 1.60. The molecule has 2 aromatic carbocycles. The zero-order chi connectivity index (χ0) is 15.8. The zero-order valence-electron chi connectivity index (χ0n) is 13.0. The van der Waals surface area contributed by atoms with Crippen LogP contribution in [0.1, 0.15) is 22.8 Å². The van der Waals surface area contributed by atoms with Gasteiger partial charge in [-0.3, -0.25) is 4.90 Å². The number of hydrogen-bond donors (Lipinski definition) is 1. The van der Waals surface area contributed by atoms with Crippen LogP contribution in [-0.2, 0) is 13.1 Å². The Morgan fingerprint density at radius 3 is 2.78 bits per heavy atom. The molecular weight excluding hydrogens is 294 g/mol. The summed E-state index contributed by atoms with van der Waals surface area (Å²) in [4.78, 5) is 2.22. The number of methoxy groups -OCH3 is 1. The second-order valence-electron chi connectivity index (χ2n) is 5.88. The molecule has 0 fully saturated rings. The van der Waals surface area contributed by atoms with E-state index in [2.05, 4.69) is 17.0 Å². The molecule has 1 N–H and O–H groups in total. The smallest absolute Gasteiger partial charge is 0.231 e. The maximum Gasteiger partial charge on any atom is 0.231 e. The first-order valence-electron chi connectivity index (χ1n) is 7.70. The molecule has 1 atom stereocenters. The second kappa shape index (κ2) is 5.76. The van der Waals surface area contributed by atoms with Gasteiger partial charge in [0.1, 0.15) is 0 Å². The van der Waals surface area contributed by atoms with Gasteiger partial charge >= 0.3 is 0 Å². The molecular formula is C18H19NO4. The van der Waals surface area contributed by atoms with Crippen molar-refractivity contribution in [1.82, 2.24) is 4.90 Å². The van der Waals surface area contributed by atoms with Crippen LogP contribution in [0.4, 0.5) is 0 Å². The lowest BCUT2D eigenvalue weighted by molar-refractivity contribution is 0.0862. The Kier molecular flexibility index (Phi) is 3.59. The van der Waals surface area contributed by atoms with Crippen LogP contribution in [0.15, 0.2) is 36.4 Å². The Labute approximate surface area is 135 Å². The summed E-state index contributed by atoms with van der Waals surface area (Å²) in [6, 6.07) is 12.1. The summed E-state index contributed by atoms with van der Waals surface area (Å²) in [5.41, 5.74) is 3.09. The number of rotatable bonds is 3. The summed E-state index contributed by atoms with van der Waals surface area (Å²) in [5.74, 6) is 1.96. The Hall–Kier alpha value is -2.24. The van der Waals surface area contributed by atoms with E-state index in [1.165, 1.54) is 5.56 Å². The van der Waals surface area contributed by atoms with Gasteiger partial charge in [-0.05, 0) is 17.2 Å². The number of nitrogens with zero attached hydrogens (tertiary/aromatic N) is 1. The first-order chi connectivity index (χ1) is 11.3. The standard InChI is InChI=1S/C18H19NO4/c1-21-16-7-13-14(17-18(16)23-11-22-17)9-19(10-15(13)20)8-12-5-3-2-4-6-12/h2-7,15,20H,8-11H2,1H3/t15-/m1/s1. The van der Waals surface area contributed by atoms with Gasteiger partial charge in [-0.1, -0.05) is 30.3 Å². The van der Waals surface area contributed by atoms with E-state index in [1.807, 2.05) is 24.3 Å². The molecule has 0 aromatic heterocycles. The highest BCUT2D eigenvalue weighted by atomic mass is 16.7. The number of aliphatic hydroxyl groups excluding tert-OH is 1. The van der Waals surface area contributed by atoms with Crippen LogP contribution in [0, 0.1) is 0 Å². The Balaban J connectivity index is 1.67. The predicted molar refractivity (Wildman–Crippen MR) is 84.6 cm³/mol. The number of β-amino-alcohol motifs (C(OH)–C–C–N with tert-alkyl or cyclic N) is 1. The Morgan fingerprint density at radius 1 is 1.22 bits per heavy atom. The lowest BCUT2D eigenvalue weighted by Gasteiger charge is -2.33. The molecule has 0 amide bonds. The van der Waals surface area contributed by atoms with Crippen LogP contribution in [0.2, 0.25) is 0 Å². The van der Waals surface area contributed by atoms with Crippen molar-refractivity contribution in [3.8, 4) is 17.2 Å². The molecule has 0 bridgehead atoms. The van der Waals surface area contributed by atoms with E-state index in [4.69, 9.17) is 14.2 Å². The molecule has 5 heteroatoms. The van der Waals surface area contributed by atoms with E-state index in [0.29, 0.717) is 23.8 Å². The molecule has 0 aliphatic carbocycles. The average molecular weight is 313 g/mol. The number of benzene rings is 2. The monoisotopic (exact) mass is 313 g/mol. The van der Waals surface area contributed by atoms with Crippen molar-refractivity contribution >= 4 is 0 Å². The minimum Gasteiger partial charge on any atom is -0.493 e. The van der Waals surface area contributed by atoms with Crippen molar-refractivity contribution in [1.29, 1.82) is 0 Å². The molecule has 5 nitrogen and oxygen atoms in total. The lowest BCUT2D eigenvalue weighted by Crippen LogP contribution is -2.33. The SMILES string of the molecule is COc1cc2c(c3c1OCO3)CN(Cc1ccccc1)C[C@H]2O. The van der Waals surface area contributed by atoms with Crippen LogP contribution in [0.5, 0.6) is 17.2 Å². The summed E-state index contributed by atoms with van der Waals surface area (Å²) in [5, 5.41) is 10.6. The minimum atomic E-state index is -0.564. The van der Waals surface area contributed by atoms with E-state index in [-0.39, 0.29) is 6.79 Å². The molecule has 120 valence electrons. The summed E-state index contributed by atoms with van der Waals surface area (Å²) >= 11 is 0. The van der Waals surface area contributed by atoms with E-state index < -0.39 is 6.10 Å². The molecule has 0 unspecified atom stereocenters. The highest BCUT2D eigenvalue weighted by molar-refractivity contribution is 5.61. The highest BCUT2D eigenvalue weighted by Crippen LogP contribution is 2.48. The van der Waals surface area contributed by atoms with Crippen molar-refractivity contribution in [2.24, 2.45) is 0 Å². The van der Waals surface area contributed by atoms with E-state index in [0.717, 1.165) is 24.2 Å². The predicted octanol–water partition coefficient (Wildman–Crippen LogP) is 2.47. The third-order valence-corrected chi connectivity index (χ3v) is 4.39. The van der Waals surface area contributed by atoms with E-state index in [1.54, 1.807) is 7.11 Å². The molecule has 4 rings (SSSR count). The van der Waals surface area contributed by atoms with Crippen molar-refractivity contribution in [2.75, 3.05) is 20.4 Å². The van der Waals surface area contributed by atoms with Gasteiger partial charge in [-0.25, -0.2) is 0 Å². The molecule has 2 aromatic rings. The van der Waals surface area contributed by atoms with Gasteiger partial charge in [0.25, 0.3) is 0 Å². The number of ether oxygens (including phenoxy) is 3. The quantitative estimate of drug-likeness (QED) is 0.943. The molecule has 23 heavy (non-hydrogen) atoms.